The lowest BCUT2D eigenvalue weighted by molar-refractivity contribution is -0.0967. The average molecular weight is 805 g/mol. The van der Waals surface area contributed by atoms with Gasteiger partial charge in [-0.3, -0.25) is 4.52 Å². The number of rotatable bonds is 28. The van der Waals surface area contributed by atoms with Crippen LogP contribution in [0.4, 0.5) is 10.2 Å². The van der Waals surface area contributed by atoms with Crippen LogP contribution in [0.5, 0.6) is 0 Å². The minimum atomic E-state index is -4.51. The van der Waals surface area contributed by atoms with Crippen LogP contribution in [0.25, 0.3) is 5.52 Å². The van der Waals surface area contributed by atoms with Gasteiger partial charge in [-0.2, -0.15) is 10.4 Å². The van der Waals surface area contributed by atoms with Crippen LogP contribution in [0.3, 0.4) is 0 Å². The monoisotopic (exact) mass is 804 g/mol. The van der Waals surface area contributed by atoms with Gasteiger partial charge in [-0.1, -0.05) is 96.8 Å². The van der Waals surface area contributed by atoms with Crippen molar-refractivity contribution in [3.63, 3.8) is 0 Å². The van der Waals surface area contributed by atoms with Crippen molar-refractivity contribution in [2.75, 3.05) is 32.1 Å². The molecule has 56 heavy (non-hydrogen) atoms. The van der Waals surface area contributed by atoms with Gasteiger partial charge in [0.2, 0.25) is 0 Å². The van der Waals surface area contributed by atoms with E-state index in [-0.39, 0.29) is 31.1 Å². The lowest BCUT2D eigenvalue weighted by atomic mass is 9.97. The fourth-order valence-corrected chi connectivity index (χ4v) is 7.90. The Morgan fingerprint density at radius 2 is 1.68 bits per heavy atom. The number of nitrogens with two attached hydrogens (primary N) is 1. The predicted octanol–water partition coefficient (Wildman–Crippen LogP) is 7.05. The summed E-state index contributed by atoms with van der Waals surface area (Å²) in [5, 5.41) is 37.7. The molecule has 0 amide bonds. The molecule has 0 saturated carbocycles. The first-order chi connectivity index (χ1) is 27.0. The van der Waals surface area contributed by atoms with Crippen molar-refractivity contribution in [2.45, 2.75) is 147 Å². The summed E-state index contributed by atoms with van der Waals surface area (Å²) in [7, 11) is -4.51. The number of benzene rings is 1. The van der Waals surface area contributed by atoms with Crippen molar-refractivity contribution in [2.24, 2.45) is 0 Å². The van der Waals surface area contributed by atoms with Crippen LogP contribution in [-0.2, 0) is 29.9 Å². The molecule has 16 heteroatoms. The van der Waals surface area contributed by atoms with Gasteiger partial charge in [-0.15, -0.1) is 0 Å². The maximum Gasteiger partial charge on any atom is 0.403 e. The molecule has 6 atom stereocenters. The van der Waals surface area contributed by atoms with E-state index in [2.05, 4.69) is 22.1 Å². The quantitative estimate of drug-likeness (QED) is 0.0369. The highest BCUT2D eigenvalue weighted by atomic mass is 31.2. The first-order valence-electron chi connectivity index (χ1n) is 20.2. The topological polar surface area (TPSA) is 207 Å². The molecule has 0 spiro atoms. The lowest BCUT2D eigenvalue weighted by Gasteiger charge is -2.28. The Hall–Kier alpha value is -3.03. The molecule has 1 aromatic carbocycles. The second-order valence-corrected chi connectivity index (χ2v) is 16.7. The van der Waals surface area contributed by atoms with Gasteiger partial charge in [-0.25, -0.2) is 23.5 Å². The molecule has 1 aliphatic heterocycles. The molecular weight excluding hydrogens is 742 g/mol. The van der Waals surface area contributed by atoms with Gasteiger partial charge in [0.25, 0.3) is 0 Å². The molecular formula is C40H62FN6O8P. The number of anilines is 1. The normalized spacial score (nSPS) is 21.3. The SMILES string of the molecule is CCCCCCCCCCCCCCCCCOC[C@H](CNP(=O)(O)OC[C@@]1(C)O[C@@H](c2ccc3c(N)ncnn23)[C@H](O)[C@@H]1O)OCc1cc(F)cc(C#N)c1. The van der Waals surface area contributed by atoms with Gasteiger partial charge in [0, 0.05) is 13.2 Å². The van der Waals surface area contributed by atoms with Crippen LogP contribution in [-0.4, -0.2) is 80.0 Å². The lowest BCUT2D eigenvalue weighted by Crippen LogP contribution is -2.44. The number of nitrogens with zero attached hydrogens (tertiary/aromatic N) is 4. The first-order valence-corrected chi connectivity index (χ1v) is 21.8. The molecule has 0 bridgehead atoms. The molecule has 1 unspecified atom stereocenters. The zero-order valence-electron chi connectivity index (χ0n) is 33.0. The number of fused-ring (bicyclic) bond motifs is 1. The summed E-state index contributed by atoms with van der Waals surface area (Å²) in [5.41, 5.74) is 5.82. The molecule has 14 nitrogen and oxygen atoms in total. The number of hydrogen-bond acceptors (Lipinski definition) is 11. The number of nitrogen functional groups attached to an aromatic ring is 1. The minimum Gasteiger partial charge on any atom is -0.387 e. The Morgan fingerprint density at radius 1 is 1.04 bits per heavy atom. The summed E-state index contributed by atoms with van der Waals surface area (Å²) in [6.45, 7) is 3.49. The highest BCUT2D eigenvalue weighted by Crippen LogP contribution is 2.44. The largest absolute Gasteiger partial charge is 0.403 e. The van der Waals surface area contributed by atoms with Gasteiger partial charge in [0.05, 0.1) is 43.3 Å². The third kappa shape index (κ3) is 14.4. The summed E-state index contributed by atoms with van der Waals surface area (Å²) < 4.78 is 52.0. The molecule has 1 saturated heterocycles. The number of nitrogens with one attached hydrogen (secondary N) is 1. The zero-order valence-corrected chi connectivity index (χ0v) is 33.9. The predicted molar refractivity (Wildman–Crippen MR) is 211 cm³/mol. The van der Waals surface area contributed by atoms with Crippen molar-refractivity contribution in [1.29, 1.82) is 5.26 Å². The number of halogens is 1. The van der Waals surface area contributed by atoms with E-state index in [0.29, 0.717) is 23.4 Å². The molecule has 3 heterocycles. The van der Waals surface area contributed by atoms with Gasteiger partial charge in [0.15, 0.2) is 5.82 Å². The zero-order chi connectivity index (χ0) is 40.4. The molecule has 2 aromatic heterocycles. The van der Waals surface area contributed by atoms with Crippen LogP contribution in [0.1, 0.15) is 133 Å². The summed E-state index contributed by atoms with van der Waals surface area (Å²) in [6, 6.07) is 9.11. The number of nitriles is 1. The smallest absolute Gasteiger partial charge is 0.387 e. The van der Waals surface area contributed by atoms with Crippen molar-refractivity contribution in [3.8, 4) is 6.07 Å². The van der Waals surface area contributed by atoms with Crippen LogP contribution in [0, 0.1) is 17.1 Å². The number of unbranched alkanes of at least 4 members (excludes halogenated alkanes) is 14. The Bertz CT molecular complexity index is 1710. The fraction of sp³-hybridized carbons (Fsp3) is 0.675. The number of ether oxygens (including phenoxy) is 3. The third-order valence-electron chi connectivity index (χ3n) is 10.3. The summed E-state index contributed by atoms with van der Waals surface area (Å²) in [4.78, 5) is 14.7. The maximum absolute atomic E-state index is 14.1. The van der Waals surface area contributed by atoms with Gasteiger partial charge >= 0.3 is 7.75 Å². The van der Waals surface area contributed by atoms with E-state index < -0.39 is 50.2 Å². The van der Waals surface area contributed by atoms with Crippen molar-refractivity contribution in [1.82, 2.24) is 19.7 Å². The van der Waals surface area contributed by atoms with E-state index in [1.807, 2.05) is 6.07 Å². The average Bonchev–Trinajstić information content (AvgIpc) is 3.71. The molecule has 0 radical (unpaired) electrons. The fourth-order valence-electron chi connectivity index (χ4n) is 6.95. The second-order valence-electron chi connectivity index (χ2n) is 15.1. The molecule has 312 valence electrons. The summed E-state index contributed by atoms with van der Waals surface area (Å²) in [5.74, 6) is -0.354. The number of aromatic nitrogens is 3. The van der Waals surface area contributed by atoms with E-state index in [9.17, 15) is 29.3 Å². The van der Waals surface area contributed by atoms with E-state index in [1.165, 1.54) is 107 Å². The second kappa shape index (κ2) is 23.4. The van der Waals surface area contributed by atoms with E-state index in [4.69, 9.17) is 24.5 Å². The van der Waals surface area contributed by atoms with Crippen molar-refractivity contribution < 1.29 is 42.8 Å². The van der Waals surface area contributed by atoms with Gasteiger partial charge in [0.1, 0.15) is 41.6 Å². The molecule has 4 rings (SSSR count). The maximum atomic E-state index is 14.1. The van der Waals surface area contributed by atoms with Crippen LogP contribution >= 0.6 is 7.75 Å². The molecule has 3 aromatic rings. The molecule has 1 fully saturated rings. The minimum absolute atomic E-state index is 0.0694. The van der Waals surface area contributed by atoms with Crippen molar-refractivity contribution in [3.05, 3.63) is 59.3 Å². The Balaban J connectivity index is 1.20. The highest BCUT2D eigenvalue weighted by molar-refractivity contribution is 7.50. The summed E-state index contributed by atoms with van der Waals surface area (Å²) in [6.07, 6.45) is 15.5. The summed E-state index contributed by atoms with van der Waals surface area (Å²) >= 11 is 0. The highest BCUT2D eigenvalue weighted by Gasteiger charge is 2.53. The van der Waals surface area contributed by atoms with Gasteiger partial charge in [-0.05, 0) is 49.2 Å². The van der Waals surface area contributed by atoms with Gasteiger partial charge < -0.3 is 35.1 Å². The third-order valence-corrected chi connectivity index (χ3v) is 11.3. The standard InChI is InChI=1S/C40H62FN6O8P/c1-3-4-5-6-7-8-9-10-11-12-13-14-15-16-17-20-52-27-33(53-26-31-21-30(24-42)22-32(41)23-31)25-46-56(50,51)54-28-40(2)38(49)36(48)37(55-40)34-18-19-35-39(43)44-29-45-47(34)35/h18-19,21-23,29,33,36-38,48-49H,3-17,20,25-28H2,1-2H3,(H2,43,44,45)(H2,46,50,51)/t33-,36-,37-,38-,40+/m0/s1. The number of aliphatic hydroxyl groups excluding tert-OH is 2. The number of hydrogen-bond donors (Lipinski definition) is 5. The van der Waals surface area contributed by atoms with E-state index in [0.717, 1.165) is 25.3 Å². The van der Waals surface area contributed by atoms with E-state index >= 15 is 0 Å². The Labute approximate surface area is 330 Å². The molecule has 6 N–H and O–H groups in total. The van der Waals surface area contributed by atoms with Crippen LogP contribution in [0.2, 0.25) is 0 Å². The van der Waals surface area contributed by atoms with Crippen LogP contribution < -0.4 is 10.8 Å². The number of aliphatic hydroxyl groups is 2. The first kappa shape index (κ1) is 45.7. The molecule has 1 aliphatic rings. The van der Waals surface area contributed by atoms with Crippen LogP contribution in [0.15, 0.2) is 36.7 Å². The van der Waals surface area contributed by atoms with E-state index in [1.54, 1.807) is 12.1 Å². The Kier molecular flexibility index (Phi) is 19.1. The van der Waals surface area contributed by atoms with Crippen molar-refractivity contribution >= 4 is 19.1 Å². The molecule has 0 aliphatic carbocycles. The Morgan fingerprint density at radius 3 is 2.32 bits per heavy atom.